The zero-order valence-corrected chi connectivity index (χ0v) is 20.4. The molecule has 1 unspecified atom stereocenters. The van der Waals surface area contributed by atoms with Crippen LogP contribution in [0.5, 0.6) is 11.5 Å². The summed E-state index contributed by atoms with van der Waals surface area (Å²) in [6, 6.07) is 9.88. The van der Waals surface area contributed by atoms with Crippen molar-refractivity contribution in [2.24, 2.45) is 4.99 Å². The van der Waals surface area contributed by atoms with Crippen molar-refractivity contribution in [2.75, 3.05) is 41.4 Å². The number of hydrogen-bond acceptors (Lipinski definition) is 3. The number of nitrogens with zero attached hydrogens (tertiary/aromatic N) is 2. The van der Waals surface area contributed by atoms with Gasteiger partial charge in [-0.25, -0.2) is 8.78 Å². The molecule has 0 saturated carbocycles. The summed E-state index contributed by atoms with van der Waals surface area (Å²) in [7, 11) is 6.91. The molecule has 0 heterocycles. The molecule has 0 fully saturated rings. The quantitative estimate of drug-likeness (QED) is 0.310. The van der Waals surface area contributed by atoms with Gasteiger partial charge in [0.1, 0.15) is 0 Å². The van der Waals surface area contributed by atoms with E-state index in [0.29, 0.717) is 18.0 Å². The maximum absolute atomic E-state index is 13.5. The Labute approximate surface area is 194 Å². The molecule has 2 aromatic carbocycles. The standard InChI is InChI=1S/C22H29F2N3O2.HI/c1-15(17-7-8-18(23)19(24)13-17)14-26-22(25-2)27(3)11-10-16-6-9-20(28-4)21(12-16)29-5;/h6-9,12-13,15H,10-11,14H2,1-5H3,(H,25,26);1H. The summed E-state index contributed by atoms with van der Waals surface area (Å²) in [4.78, 5) is 6.33. The van der Waals surface area contributed by atoms with Crippen LogP contribution in [0.3, 0.4) is 0 Å². The highest BCUT2D eigenvalue weighted by Crippen LogP contribution is 2.27. The van der Waals surface area contributed by atoms with Crippen molar-refractivity contribution in [1.82, 2.24) is 10.2 Å². The number of hydrogen-bond donors (Lipinski definition) is 1. The first kappa shape index (κ1) is 25.9. The molecule has 0 radical (unpaired) electrons. The minimum absolute atomic E-state index is 0. The van der Waals surface area contributed by atoms with Crippen molar-refractivity contribution in [3.63, 3.8) is 0 Å². The van der Waals surface area contributed by atoms with Crippen LogP contribution in [0.2, 0.25) is 0 Å². The average Bonchev–Trinajstić information content (AvgIpc) is 2.74. The number of nitrogens with one attached hydrogen (secondary N) is 1. The number of likely N-dealkylation sites (N-methyl/N-ethyl adjacent to an activating group) is 1. The maximum Gasteiger partial charge on any atom is 0.193 e. The molecule has 0 aromatic heterocycles. The molecule has 166 valence electrons. The van der Waals surface area contributed by atoms with Crippen molar-refractivity contribution in [3.8, 4) is 11.5 Å². The Morgan fingerprint density at radius 2 is 1.77 bits per heavy atom. The lowest BCUT2D eigenvalue weighted by molar-refractivity contribution is 0.354. The molecule has 0 bridgehead atoms. The molecule has 0 aliphatic carbocycles. The van der Waals surface area contributed by atoms with Gasteiger partial charge in [0.25, 0.3) is 0 Å². The molecule has 2 rings (SSSR count). The second kappa shape index (κ2) is 12.6. The van der Waals surface area contributed by atoms with Gasteiger partial charge in [-0.3, -0.25) is 4.99 Å². The number of rotatable bonds is 8. The first-order chi connectivity index (χ1) is 13.9. The molecule has 0 saturated heterocycles. The van der Waals surface area contributed by atoms with E-state index in [1.54, 1.807) is 27.3 Å². The van der Waals surface area contributed by atoms with Crippen LogP contribution in [0.25, 0.3) is 0 Å². The van der Waals surface area contributed by atoms with Gasteiger partial charge in [-0.1, -0.05) is 19.1 Å². The van der Waals surface area contributed by atoms with Crippen LogP contribution >= 0.6 is 24.0 Å². The van der Waals surface area contributed by atoms with Crippen molar-refractivity contribution < 1.29 is 18.3 Å². The first-order valence-corrected chi connectivity index (χ1v) is 9.47. The molecule has 0 amide bonds. The summed E-state index contributed by atoms with van der Waals surface area (Å²) in [5, 5.41) is 3.29. The number of guanidine groups is 1. The molecule has 8 heteroatoms. The SMILES string of the molecule is CN=C(NCC(C)c1ccc(F)c(F)c1)N(C)CCc1ccc(OC)c(OC)c1.I. The molecule has 1 atom stereocenters. The molecular formula is C22H30F2IN3O2. The normalized spacial score (nSPS) is 12.0. The van der Waals surface area contributed by atoms with Crippen molar-refractivity contribution in [2.45, 2.75) is 19.3 Å². The molecule has 2 aromatic rings. The lowest BCUT2D eigenvalue weighted by Crippen LogP contribution is -2.41. The van der Waals surface area contributed by atoms with Crippen LogP contribution in [0, 0.1) is 11.6 Å². The summed E-state index contributed by atoms with van der Waals surface area (Å²) >= 11 is 0. The highest BCUT2D eigenvalue weighted by atomic mass is 127. The molecule has 0 spiro atoms. The monoisotopic (exact) mass is 533 g/mol. The fourth-order valence-corrected chi connectivity index (χ4v) is 3.00. The summed E-state index contributed by atoms with van der Waals surface area (Å²) in [5.41, 5.74) is 1.86. The van der Waals surface area contributed by atoms with E-state index in [0.717, 1.165) is 36.1 Å². The van der Waals surface area contributed by atoms with Gasteiger partial charge in [0.05, 0.1) is 14.2 Å². The van der Waals surface area contributed by atoms with E-state index in [9.17, 15) is 8.78 Å². The zero-order chi connectivity index (χ0) is 21.4. The third kappa shape index (κ3) is 7.00. The summed E-state index contributed by atoms with van der Waals surface area (Å²) in [6.45, 7) is 3.25. The Hall–Kier alpha value is -2.10. The lowest BCUT2D eigenvalue weighted by atomic mass is 10.0. The predicted molar refractivity (Wildman–Crippen MR) is 127 cm³/mol. The number of methoxy groups -OCH3 is 2. The summed E-state index contributed by atoms with van der Waals surface area (Å²) < 4.78 is 37.2. The molecule has 0 aliphatic rings. The van der Waals surface area contributed by atoms with Gasteiger partial charge in [0.15, 0.2) is 29.1 Å². The van der Waals surface area contributed by atoms with Crippen LogP contribution in [0.1, 0.15) is 24.0 Å². The van der Waals surface area contributed by atoms with Gasteiger partial charge in [-0.05, 0) is 47.7 Å². The first-order valence-electron chi connectivity index (χ1n) is 9.47. The van der Waals surface area contributed by atoms with Crippen LogP contribution in [0.15, 0.2) is 41.4 Å². The predicted octanol–water partition coefficient (Wildman–Crippen LogP) is 4.45. The number of ether oxygens (including phenoxy) is 2. The van der Waals surface area contributed by atoms with Gasteiger partial charge in [-0.15, -0.1) is 24.0 Å². The Bertz CT molecular complexity index is 849. The molecule has 5 nitrogen and oxygen atoms in total. The average molecular weight is 533 g/mol. The van der Waals surface area contributed by atoms with Gasteiger partial charge >= 0.3 is 0 Å². The fraction of sp³-hybridized carbons (Fsp3) is 0.409. The molecular weight excluding hydrogens is 503 g/mol. The Morgan fingerprint density at radius 3 is 2.37 bits per heavy atom. The minimum atomic E-state index is -0.834. The third-order valence-electron chi connectivity index (χ3n) is 4.84. The van der Waals surface area contributed by atoms with Crippen LogP contribution in [-0.4, -0.2) is 52.3 Å². The number of aliphatic imine (C=N–C) groups is 1. The second-order valence-corrected chi connectivity index (χ2v) is 6.86. The lowest BCUT2D eigenvalue weighted by Gasteiger charge is -2.24. The van der Waals surface area contributed by atoms with E-state index >= 15 is 0 Å². The Morgan fingerprint density at radius 1 is 1.07 bits per heavy atom. The van der Waals surface area contributed by atoms with E-state index in [1.165, 1.54) is 6.07 Å². The summed E-state index contributed by atoms with van der Waals surface area (Å²) in [5.74, 6) is 0.482. The molecule has 0 aliphatic heterocycles. The van der Waals surface area contributed by atoms with Crippen molar-refractivity contribution >= 4 is 29.9 Å². The highest BCUT2D eigenvalue weighted by Gasteiger charge is 2.12. The van der Waals surface area contributed by atoms with E-state index in [2.05, 4.69) is 10.3 Å². The van der Waals surface area contributed by atoms with Crippen molar-refractivity contribution in [1.29, 1.82) is 0 Å². The van der Waals surface area contributed by atoms with Crippen LogP contribution in [-0.2, 0) is 6.42 Å². The Balaban J connectivity index is 0.00000450. The second-order valence-electron chi connectivity index (χ2n) is 6.86. The van der Waals surface area contributed by atoms with Gasteiger partial charge in [-0.2, -0.15) is 0 Å². The van der Waals surface area contributed by atoms with E-state index in [4.69, 9.17) is 9.47 Å². The molecule has 1 N–H and O–H groups in total. The van der Waals surface area contributed by atoms with Gasteiger partial charge < -0.3 is 19.7 Å². The molecule has 30 heavy (non-hydrogen) atoms. The zero-order valence-electron chi connectivity index (χ0n) is 18.0. The number of benzene rings is 2. The highest BCUT2D eigenvalue weighted by molar-refractivity contribution is 14.0. The maximum atomic E-state index is 13.5. The third-order valence-corrected chi connectivity index (χ3v) is 4.84. The smallest absolute Gasteiger partial charge is 0.193 e. The van der Waals surface area contributed by atoms with Crippen LogP contribution in [0.4, 0.5) is 8.78 Å². The summed E-state index contributed by atoms with van der Waals surface area (Å²) in [6.07, 6.45) is 0.802. The largest absolute Gasteiger partial charge is 0.493 e. The van der Waals surface area contributed by atoms with E-state index in [-0.39, 0.29) is 29.9 Å². The Kier molecular flexibility index (Phi) is 10.9. The van der Waals surface area contributed by atoms with Crippen molar-refractivity contribution in [3.05, 3.63) is 59.2 Å². The topological polar surface area (TPSA) is 46.1 Å². The fourth-order valence-electron chi connectivity index (χ4n) is 3.00. The number of halogens is 3. The van der Waals surface area contributed by atoms with E-state index in [1.807, 2.05) is 37.1 Å². The van der Waals surface area contributed by atoms with E-state index < -0.39 is 11.6 Å². The van der Waals surface area contributed by atoms with Gasteiger partial charge in [0, 0.05) is 27.2 Å². The van der Waals surface area contributed by atoms with Gasteiger partial charge in [0.2, 0.25) is 0 Å². The minimum Gasteiger partial charge on any atom is -0.493 e. The van der Waals surface area contributed by atoms with Crippen LogP contribution < -0.4 is 14.8 Å².